The number of amides is 2. The topological polar surface area (TPSA) is 97.6 Å². The predicted molar refractivity (Wildman–Crippen MR) is 106 cm³/mol. The molecule has 2 aromatic carbocycles. The number of carbonyl (C=O) groups excluding carboxylic acids is 2. The summed E-state index contributed by atoms with van der Waals surface area (Å²) in [6.07, 6.45) is 1.24. The zero-order valence-electron chi connectivity index (χ0n) is 16.4. The van der Waals surface area contributed by atoms with Crippen LogP contribution in [-0.4, -0.2) is 46.6 Å². The van der Waals surface area contributed by atoms with E-state index in [1.807, 2.05) is 0 Å². The van der Waals surface area contributed by atoms with E-state index in [9.17, 15) is 14.0 Å². The SMILES string of the molecule is CCN(CC(=O)NCc1ccc(F)cc1)C(=O)COc1ccc(-c2nnco2)cc1. The third-order valence-electron chi connectivity index (χ3n) is 4.30. The molecule has 3 aromatic rings. The first kappa shape index (κ1) is 21.0. The van der Waals surface area contributed by atoms with Crippen LogP contribution in [0, 0.1) is 5.82 Å². The molecule has 0 saturated carbocycles. The molecule has 3 rings (SSSR count). The van der Waals surface area contributed by atoms with Gasteiger partial charge in [0.05, 0.1) is 6.54 Å². The standard InChI is InChI=1S/C21H21FN4O4/c1-2-26(12-19(27)23-11-15-3-7-17(22)8-4-15)20(28)13-29-18-9-5-16(6-10-18)21-25-24-14-30-21/h3-10,14H,2,11-13H2,1H3,(H,23,27). The number of nitrogens with zero attached hydrogens (tertiary/aromatic N) is 3. The number of likely N-dealkylation sites (N-methyl/N-ethyl adjacent to an activating group) is 1. The zero-order valence-corrected chi connectivity index (χ0v) is 16.4. The summed E-state index contributed by atoms with van der Waals surface area (Å²) in [6.45, 7) is 2.12. The van der Waals surface area contributed by atoms with Crippen LogP contribution in [0.25, 0.3) is 11.5 Å². The maximum Gasteiger partial charge on any atom is 0.260 e. The molecule has 2 amide bonds. The highest BCUT2D eigenvalue weighted by Gasteiger charge is 2.16. The summed E-state index contributed by atoms with van der Waals surface area (Å²) >= 11 is 0. The van der Waals surface area contributed by atoms with E-state index in [4.69, 9.17) is 9.15 Å². The maximum atomic E-state index is 12.9. The first-order valence-electron chi connectivity index (χ1n) is 9.33. The van der Waals surface area contributed by atoms with Crippen LogP contribution < -0.4 is 10.1 Å². The largest absolute Gasteiger partial charge is 0.484 e. The molecule has 0 aliphatic heterocycles. The molecular formula is C21H21FN4O4. The lowest BCUT2D eigenvalue weighted by molar-refractivity contribution is -0.137. The highest BCUT2D eigenvalue weighted by Crippen LogP contribution is 2.20. The molecule has 0 aliphatic carbocycles. The monoisotopic (exact) mass is 412 g/mol. The van der Waals surface area contributed by atoms with E-state index in [-0.39, 0.29) is 37.3 Å². The molecule has 0 radical (unpaired) electrons. The Morgan fingerprint density at radius 1 is 1.13 bits per heavy atom. The molecule has 1 N–H and O–H groups in total. The Morgan fingerprint density at radius 2 is 1.87 bits per heavy atom. The highest BCUT2D eigenvalue weighted by atomic mass is 19.1. The van der Waals surface area contributed by atoms with E-state index in [0.717, 1.165) is 11.1 Å². The molecule has 0 bridgehead atoms. The summed E-state index contributed by atoms with van der Waals surface area (Å²) < 4.78 is 23.6. The molecule has 30 heavy (non-hydrogen) atoms. The van der Waals surface area contributed by atoms with Gasteiger partial charge in [0, 0.05) is 18.7 Å². The molecule has 1 aromatic heterocycles. The molecule has 0 atom stereocenters. The quantitative estimate of drug-likeness (QED) is 0.580. The predicted octanol–water partition coefficient (Wildman–Crippen LogP) is 2.42. The van der Waals surface area contributed by atoms with Crippen LogP contribution in [0.5, 0.6) is 5.75 Å². The van der Waals surface area contributed by atoms with Crippen LogP contribution in [-0.2, 0) is 16.1 Å². The van der Waals surface area contributed by atoms with Crippen LogP contribution in [0.15, 0.2) is 59.3 Å². The van der Waals surface area contributed by atoms with Crippen molar-refractivity contribution in [3.63, 3.8) is 0 Å². The van der Waals surface area contributed by atoms with Crippen LogP contribution in [0.2, 0.25) is 0 Å². The summed E-state index contributed by atoms with van der Waals surface area (Å²) in [4.78, 5) is 25.9. The lowest BCUT2D eigenvalue weighted by atomic mass is 10.2. The van der Waals surface area contributed by atoms with Gasteiger partial charge < -0.3 is 19.4 Å². The number of benzene rings is 2. The molecule has 0 aliphatic rings. The van der Waals surface area contributed by atoms with E-state index >= 15 is 0 Å². The van der Waals surface area contributed by atoms with E-state index in [0.29, 0.717) is 18.2 Å². The van der Waals surface area contributed by atoms with Gasteiger partial charge in [-0.05, 0) is 48.9 Å². The van der Waals surface area contributed by atoms with Crippen molar-refractivity contribution < 1.29 is 23.1 Å². The molecule has 0 saturated heterocycles. The van der Waals surface area contributed by atoms with Gasteiger partial charge in [0.2, 0.25) is 18.2 Å². The van der Waals surface area contributed by atoms with Gasteiger partial charge in [0.1, 0.15) is 11.6 Å². The van der Waals surface area contributed by atoms with Crippen molar-refractivity contribution in [2.24, 2.45) is 0 Å². The second-order valence-corrected chi connectivity index (χ2v) is 6.37. The van der Waals surface area contributed by atoms with E-state index in [2.05, 4.69) is 15.5 Å². The Hall–Kier alpha value is -3.75. The molecule has 0 unspecified atom stereocenters. The van der Waals surface area contributed by atoms with Gasteiger partial charge in [0.25, 0.3) is 5.91 Å². The van der Waals surface area contributed by atoms with Crippen LogP contribution >= 0.6 is 0 Å². The van der Waals surface area contributed by atoms with Gasteiger partial charge in [-0.2, -0.15) is 0 Å². The van der Waals surface area contributed by atoms with Gasteiger partial charge >= 0.3 is 0 Å². The number of aromatic nitrogens is 2. The summed E-state index contributed by atoms with van der Waals surface area (Å²) in [5.74, 6) is -0.0594. The molecule has 8 nitrogen and oxygen atoms in total. The molecular weight excluding hydrogens is 391 g/mol. The summed E-state index contributed by atoms with van der Waals surface area (Å²) in [7, 11) is 0. The number of nitrogens with one attached hydrogen (secondary N) is 1. The van der Waals surface area contributed by atoms with Crippen molar-refractivity contribution in [3.8, 4) is 17.2 Å². The van der Waals surface area contributed by atoms with Crippen molar-refractivity contribution in [1.82, 2.24) is 20.4 Å². The average Bonchev–Trinajstić information content (AvgIpc) is 3.31. The fourth-order valence-corrected chi connectivity index (χ4v) is 2.64. The van der Waals surface area contributed by atoms with Crippen molar-refractivity contribution in [1.29, 1.82) is 0 Å². The normalized spacial score (nSPS) is 10.5. The fourth-order valence-electron chi connectivity index (χ4n) is 2.64. The zero-order chi connectivity index (χ0) is 21.3. The Kier molecular flexibility index (Phi) is 7.09. The molecule has 0 spiro atoms. The van der Waals surface area contributed by atoms with Crippen molar-refractivity contribution in [3.05, 3.63) is 66.3 Å². The number of halogens is 1. The van der Waals surface area contributed by atoms with Gasteiger partial charge in [0.15, 0.2) is 6.61 Å². The maximum absolute atomic E-state index is 12.9. The molecule has 156 valence electrons. The molecule has 0 fully saturated rings. The summed E-state index contributed by atoms with van der Waals surface area (Å²) in [5.41, 5.74) is 1.51. The Labute approximate surface area is 172 Å². The Bertz CT molecular complexity index is 960. The second-order valence-electron chi connectivity index (χ2n) is 6.37. The van der Waals surface area contributed by atoms with E-state index in [1.54, 1.807) is 43.3 Å². The second kappa shape index (κ2) is 10.1. The van der Waals surface area contributed by atoms with Crippen LogP contribution in [0.1, 0.15) is 12.5 Å². The Balaban J connectivity index is 1.45. The highest BCUT2D eigenvalue weighted by molar-refractivity contribution is 5.85. The third kappa shape index (κ3) is 5.87. The number of rotatable bonds is 9. The lowest BCUT2D eigenvalue weighted by Crippen LogP contribution is -2.42. The smallest absolute Gasteiger partial charge is 0.260 e. The Morgan fingerprint density at radius 3 is 2.50 bits per heavy atom. The first-order chi connectivity index (χ1) is 14.5. The number of carbonyl (C=O) groups is 2. The van der Waals surface area contributed by atoms with Crippen molar-refractivity contribution >= 4 is 11.8 Å². The van der Waals surface area contributed by atoms with Crippen molar-refractivity contribution in [2.75, 3.05) is 19.7 Å². The number of hydrogen-bond donors (Lipinski definition) is 1. The van der Waals surface area contributed by atoms with Crippen LogP contribution in [0.4, 0.5) is 4.39 Å². The summed E-state index contributed by atoms with van der Waals surface area (Å²) in [6, 6.07) is 12.7. The third-order valence-corrected chi connectivity index (χ3v) is 4.30. The summed E-state index contributed by atoms with van der Waals surface area (Å²) in [5, 5.41) is 10.2. The lowest BCUT2D eigenvalue weighted by Gasteiger charge is -2.20. The van der Waals surface area contributed by atoms with Gasteiger partial charge in [-0.1, -0.05) is 12.1 Å². The van der Waals surface area contributed by atoms with E-state index < -0.39 is 0 Å². The van der Waals surface area contributed by atoms with Gasteiger partial charge in [-0.15, -0.1) is 10.2 Å². The number of ether oxygens (including phenoxy) is 1. The minimum Gasteiger partial charge on any atom is -0.484 e. The minimum atomic E-state index is -0.336. The molecule has 9 heteroatoms. The average molecular weight is 412 g/mol. The van der Waals surface area contributed by atoms with Gasteiger partial charge in [-0.25, -0.2) is 4.39 Å². The fraction of sp³-hybridized carbons (Fsp3) is 0.238. The van der Waals surface area contributed by atoms with Crippen molar-refractivity contribution in [2.45, 2.75) is 13.5 Å². The first-order valence-corrected chi connectivity index (χ1v) is 9.33. The number of hydrogen-bond acceptors (Lipinski definition) is 6. The van der Waals surface area contributed by atoms with E-state index in [1.165, 1.54) is 23.4 Å². The van der Waals surface area contributed by atoms with Crippen LogP contribution in [0.3, 0.4) is 0 Å². The van der Waals surface area contributed by atoms with Gasteiger partial charge in [-0.3, -0.25) is 9.59 Å². The minimum absolute atomic E-state index is 0.0873. The molecule has 1 heterocycles.